The molecule has 1 saturated heterocycles. The number of halogens is 1. The van der Waals surface area contributed by atoms with E-state index in [0.29, 0.717) is 18.9 Å². The Morgan fingerprint density at radius 2 is 2.21 bits per heavy atom. The zero-order valence-electron chi connectivity index (χ0n) is 10.8. The lowest BCUT2D eigenvalue weighted by atomic mass is 10.2. The predicted molar refractivity (Wildman–Crippen MR) is 73.3 cm³/mol. The van der Waals surface area contributed by atoms with Gasteiger partial charge in [0.25, 0.3) is 5.56 Å². The number of H-pyrrole nitrogens is 1. The monoisotopic (exact) mass is 281 g/mol. The molecule has 1 N–H and O–H groups in total. The van der Waals surface area contributed by atoms with E-state index in [0.717, 1.165) is 19.5 Å². The Balaban J connectivity index is 2.06. The van der Waals surface area contributed by atoms with E-state index in [-0.39, 0.29) is 16.6 Å². The molecule has 0 aromatic carbocycles. The molecule has 0 amide bonds. The number of aromatic amines is 1. The minimum atomic E-state index is -0.322. The third-order valence-corrected chi connectivity index (χ3v) is 3.71. The van der Waals surface area contributed by atoms with Gasteiger partial charge in [-0.2, -0.15) is 5.26 Å². The number of piperazine rings is 1. The van der Waals surface area contributed by atoms with Gasteiger partial charge in [0.05, 0.1) is 18.4 Å². The van der Waals surface area contributed by atoms with Gasteiger partial charge in [-0.3, -0.25) is 9.69 Å². The maximum atomic E-state index is 11.4. The van der Waals surface area contributed by atoms with Crippen LogP contribution in [0.3, 0.4) is 0 Å². The van der Waals surface area contributed by atoms with Gasteiger partial charge in [0.15, 0.2) is 5.82 Å². The van der Waals surface area contributed by atoms with Crippen LogP contribution in [0.1, 0.15) is 13.3 Å². The Morgan fingerprint density at radius 3 is 2.79 bits per heavy atom. The smallest absolute Gasteiger partial charge is 0.271 e. The largest absolute Gasteiger partial charge is 0.353 e. The molecule has 0 spiro atoms. The highest BCUT2D eigenvalue weighted by Crippen LogP contribution is 2.20. The van der Waals surface area contributed by atoms with Crippen LogP contribution in [0.25, 0.3) is 0 Å². The van der Waals surface area contributed by atoms with E-state index in [1.165, 1.54) is 6.33 Å². The van der Waals surface area contributed by atoms with Crippen molar-refractivity contribution in [2.45, 2.75) is 19.4 Å². The minimum Gasteiger partial charge on any atom is -0.353 e. The van der Waals surface area contributed by atoms with Crippen LogP contribution in [0.15, 0.2) is 11.1 Å². The van der Waals surface area contributed by atoms with Gasteiger partial charge in [0.1, 0.15) is 5.02 Å². The molecule has 1 aliphatic rings. The van der Waals surface area contributed by atoms with Gasteiger partial charge in [-0.1, -0.05) is 18.5 Å². The summed E-state index contributed by atoms with van der Waals surface area (Å²) >= 11 is 5.97. The number of rotatable bonds is 3. The summed E-state index contributed by atoms with van der Waals surface area (Å²) in [6, 6.07) is 2.27. The quantitative estimate of drug-likeness (QED) is 0.889. The molecule has 7 heteroatoms. The summed E-state index contributed by atoms with van der Waals surface area (Å²) in [6.45, 7) is 4.99. The van der Waals surface area contributed by atoms with Gasteiger partial charge < -0.3 is 9.88 Å². The molecule has 102 valence electrons. The Kier molecular flexibility index (Phi) is 4.40. The third-order valence-electron chi connectivity index (χ3n) is 3.37. The second-order valence-electron chi connectivity index (χ2n) is 4.45. The highest BCUT2D eigenvalue weighted by Gasteiger charge is 2.24. The first kappa shape index (κ1) is 13.8. The number of nitrogens with zero attached hydrogens (tertiary/aromatic N) is 4. The number of anilines is 1. The van der Waals surface area contributed by atoms with Crippen molar-refractivity contribution in [2.75, 3.05) is 31.1 Å². The van der Waals surface area contributed by atoms with Crippen LogP contribution in [-0.4, -0.2) is 47.1 Å². The maximum absolute atomic E-state index is 11.4. The van der Waals surface area contributed by atoms with E-state index in [1.807, 2.05) is 11.8 Å². The number of aromatic nitrogens is 2. The summed E-state index contributed by atoms with van der Waals surface area (Å²) in [6.07, 6.45) is 2.18. The van der Waals surface area contributed by atoms with Crippen molar-refractivity contribution in [1.82, 2.24) is 14.9 Å². The van der Waals surface area contributed by atoms with Crippen molar-refractivity contribution in [1.29, 1.82) is 5.26 Å². The second kappa shape index (κ2) is 6.04. The molecule has 1 aromatic rings. The summed E-state index contributed by atoms with van der Waals surface area (Å²) < 4.78 is 0. The average molecular weight is 282 g/mol. The van der Waals surface area contributed by atoms with E-state index in [2.05, 4.69) is 20.9 Å². The number of nitrogens with one attached hydrogen (secondary N) is 1. The Morgan fingerprint density at radius 1 is 1.53 bits per heavy atom. The van der Waals surface area contributed by atoms with Crippen LogP contribution in [0.4, 0.5) is 5.82 Å². The molecular weight excluding hydrogens is 266 g/mol. The fourth-order valence-corrected chi connectivity index (χ4v) is 2.49. The van der Waals surface area contributed by atoms with Crippen LogP contribution < -0.4 is 10.5 Å². The Labute approximate surface area is 116 Å². The van der Waals surface area contributed by atoms with Crippen molar-refractivity contribution < 1.29 is 0 Å². The number of hydrogen-bond acceptors (Lipinski definition) is 5. The summed E-state index contributed by atoms with van der Waals surface area (Å²) in [5, 5.41) is 9.19. The van der Waals surface area contributed by atoms with Crippen LogP contribution in [0.5, 0.6) is 0 Å². The molecular formula is C12H16ClN5O. The summed E-state index contributed by atoms with van der Waals surface area (Å²) in [7, 11) is 0. The van der Waals surface area contributed by atoms with Crippen molar-refractivity contribution >= 4 is 17.4 Å². The van der Waals surface area contributed by atoms with E-state index in [4.69, 9.17) is 16.9 Å². The van der Waals surface area contributed by atoms with E-state index >= 15 is 0 Å². The molecule has 1 fully saturated rings. The molecule has 6 nitrogen and oxygen atoms in total. The second-order valence-corrected chi connectivity index (χ2v) is 4.82. The summed E-state index contributed by atoms with van der Waals surface area (Å²) in [5.41, 5.74) is -0.322. The molecule has 0 saturated carbocycles. The van der Waals surface area contributed by atoms with Crippen molar-refractivity contribution in [2.24, 2.45) is 0 Å². The number of nitriles is 1. The minimum absolute atomic E-state index is 0.0373. The Bertz CT molecular complexity index is 530. The first-order chi connectivity index (χ1) is 9.17. The molecule has 0 bridgehead atoms. The van der Waals surface area contributed by atoms with Gasteiger partial charge in [0, 0.05) is 26.2 Å². The van der Waals surface area contributed by atoms with Crippen molar-refractivity contribution in [3.8, 4) is 6.07 Å². The SMILES string of the molecule is CCC(C#N)N1CCN(c2nc[nH]c(=O)c2Cl)CC1. The maximum Gasteiger partial charge on any atom is 0.271 e. The summed E-state index contributed by atoms with van der Waals surface area (Å²) in [5.74, 6) is 0.523. The molecule has 1 aromatic heterocycles. The zero-order chi connectivity index (χ0) is 13.8. The van der Waals surface area contributed by atoms with E-state index in [1.54, 1.807) is 0 Å². The van der Waals surface area contributed by atoms with Crippen LogP contribution in [-0.2, 0) is 0 Å². The third kappa shape index (κ3) is 2.88. The van der Waals surface area contributed by atoms with Gasteiger partial charge >= 0.3 is 0 Å². The zero-order valence-corrected chi connectivity index (χ0v) is 11.5. The molecule has 0 aliphatic carbocycles. The molecule has 2 heterocycles. The van der Waals surface area contributed by atoms with E-state index in [9.17, 15) is 4.79 Å². The van der Waals surface area contributed by atoms with Crippen molar-refractivity contribution in [3.63, 3.8) is 0 Å². The molecule has 1 atom stereocenters. The highest BCUT2D eigenvalue weighted by atomic mass is 35.5. The first-order valence-electron chi connectivity index (χ1n) is 6.29. The topological polar surface area (TPSA) is 76.0 Å². The van der Waals surface area contributed by atoms with Gasteiger partial charge in [-0.15, -0.1) is 0 Å². The molecule has 1 unspecified atom stereocenters. The van der Waals surface area contributed by atoms with Crippen LogP contribution in [0.2, 0.25) is 5.02 Å². The van der Waals surface area contributed by atoms with Crippen molar-refractivity contribution in [3.05, 3.63) is 21.7 Å². The van der Waals surface area contributed by atoms with Gasteiger partial charge in [-0.05, 0) is 6.42 Å². The Hall–Kier alpha value is -1.58. The lowest BCUT2D eigenvalue weighted by molar-refractivity contribution is 0.216. The molecule has 1 aliphatic heterocycles. The van der Waals surface area contributed by atoms with Gasteiger partial charge in [-0.25, -0.2) is 4.98 Å². The fourth-order valence-electron chi connectivity index (χ4n) is 2.27. The average Bonchev–Trinajstić information content (AvgIpc) is 2.44. The van der Waals surface area contributed by atoms with Crippen LogP contribution >= 0.6 is 11.6 Å². The standard InChI is InChI=1S/C12H16ClN5O/c1-2-9(7-14)17-3-5-18(6-4-17)11-10(13)12(19)16-8-15-11/h8-9H,2-6H2,1H3,(H,15,16,19). The summed E-state index contributed by atoms with van der Waals surface area (Å²) in [4.78, 5) is 22.1. The fraction of sp³-hybridized carbons (Fsp3) is 0.583. The molecule has 19 heavy (non-hydrogen) atoms. The lowest BCUT2D eigenvalue weighted by Gasteiger charge is -2.37. The normalized spacial score (nSPS) is 18.1. The van der Waals surface area contributed by atoms with Gasteiger partial charge in [0.2, 0.25) is 0 Å². The first-order valence-corrected chi connectivity index (χ1v) is 6.67. The predicted octanol–water partition coefficient (Wildman–Crippen LogP) is 0.847. The van der Waals surface area contributed by atoms with Crippen LogP contribution in [0, 0.1) is 11.3 Å². The number of hydrogen-bond donors (Lipinski definition) is 1. The molecule has 2 rings (SSSR count). The van der Waals surface area contributed by atoms with E-state index < -0.39 is 0 Å². The highest BCUT2D eigenvalue weighted by molar-refractivity contribution is 6.32. The molecule has 0 radical (unpaired) electrons. The lowest BCUT2D eigenvalue weighted by Crippen LogP contribution is -2.50.